The molecule has 2 fully saturated rings. The summed E-state index contributed by atoms with van der Waals surface area (Å²) in [6.45, 7) is 4.21. The van der Waals surface area contributed by atoms with Crippen LogP contribution in [-0.4, -0.2) is 40.7 Å². The van der Waals surface area contributed by atoms with Gasteiger partial charge in [0, 0.05) is 30.5 Å². The smallest absolute Gasteiger partial charge is 0.233 e. The Labute approximate surface area is 180 Å². The number of likely N-dealkylation sites (tertiary alicyclic amines) is 1. The van der Waals surface area contributed by atoms with Gasteiger partial charge in [0.1, 0.15) is 0 Å². The van der Waals surface area contributed by atoms with Crippen molar-refractivity contribution >= 4 is 34.2 Å². The summed E-state index contributed by atoms with van der Waals surface area (Å²) in [6.07, 6.45) is 5.29. The average molecular weight is 424 g/mol. The lowest BCUT2D eigenvalue weighted by molar-refractivity contribution is -0.140. The summed E-state index contributed by atoms with van der Waals surface area (Å²) in [6, 6.07) is 9.79. The summed E-state index contributed by atoms with van der Waals surface area (Å²) in [5.41, 5.74) is 1.80. The molecule has 1 saturated heterocycles. The monoisotopic (exact) mass is 423 g/mol. The van der Waals surface area contributed by atoms with Crippen molar-refractivity contribution in [1.82, 2.24) is 9.88 Å². The number of amides is 3. The molecule has 2 atom stereocenters. The summed E-state index contributed by atoms with van der Waals surface area (Å²) in [4.78, 5) is 45.7. The number of anilines is 1. The zero-order chi connectivity index (χ0) is 21.1. The first-order valence-corrected chi connectivity index (χ1v) is 11.3. The number of imide groups is 1. The largest absolute Gasteiger partial charge is 0.284 e. The molecular formula is C23H25N3O3S. The van der Waals surface area contributed by atoms with E-state index in [1.807, 2.05) is 35.7 Å². The van der Waals surface area contributed by atoms with Crippen LogP contribution in [0.25, 0.3) is 11.3 Å². The fourth-order valence-electron chi connectivity index (χ4n) is 4.34. The molecule has 156 valence electrons. The number of fused-ring (bicyclic) bond motifs is 1. The predicted molar refractivity (Wildman–Crippen MR) is 117 cm³/mol. The maximum absolute atomic E-state index is 13.0. The molecule has 0 bridgehead atoms. The molecule has 0 N–H and O–H groups in total. The van der Waals surface area contributed by atoms with E-state index in [0.717, 1.165) is 36.9 Å². The van der Waals surface area contributed by atoms with E-state index in [9.17, 15) is 14.4 Å². The number of carbonyl (C=O) groups is 3. The SMILES string of the molecule is C=CCN(C(=O)CCN1C(=O)[C@H]2CCCC[C@@H]2C1=O)c1nc(-c2ccccc2)cs1. The Balaban J connectivity index is 1.44. The molecule has 1 aromatic heterocycles. The van der Waals surface area contributed by atoms with Crippen molar-refractivity contribution in [2.45, 2.75) is 32.1 Å². The fourth-order valence-corrected chi connectivity index (χ4v) is 5.20. The van der Waals surface area contributed by atoms with Gasteiger partial charge < -0.3 is 0 Å². The number of benzene rings is 1. The Kier molecular flexibility index (Phi) is 6.08. The molecule has 7 heteroatoms. The van der Waals surface area contributed by atoms with Crippen LogP contribution in [0.5, 0.6) is 0 Å². The van der Waals surface area contributed by atoms with Gasteiger partial charge in [0.05, 0.1) is 17.5 Å². The molecule has 0 spiro atoms. The van der Waals surface area contributed by atoms with Gasteiger partial charge in [0.25, 0.3) is 0 Å². The number of aromatic nitrogens is 1. The molecule has 1 aliphatic carbocycles. The predicted octanol–water partition coefficient (Wildman–Crippen LogP) is 3.89. The number of nitrogens with zero attached hydrogens (tertiary/aromatic N) is 3. The molecule has 2 aromatic rings. The van der Waals surface area contributed by atoms with Gasteiger partial charge in [-0.15, -0.1) is 17.9 Å². The molecule has 1 saturated carbocycles. The topological polar surface area (TPSA) is 70.6 Å². The third-order valence-corrected chi connectivity index (χ3v) is 6.75. The van der Waals surface area contributed by atoms with Gasteiger partial charge in [-0.1, -0.05) is 49.2 Å². The Bertz CT molecular complexity index is 932. The van der Waals surface area contributed by atoms with Crippen molar-refractivity contribution in [3.8, 4) is 11.3 Å². The van der Waals surface area contributed by atoms with Crippen LogP contribution >= 0.6 is 11.3 Å². The van der Waals surface area contributed by atoms with Crippen molar-refractivity contribution in [1.29, 1.82) is 0 Å². The van der Waals surface area contributed by atoms with Crippen molar-refractivity contribution < 1.29 is 14.4 Å². The van der Waals surface area contributed by atoms with Gasteiger partial charge in [0.2, 0.25) is 17.7 Å². The highest BCUT2D eigenvalue weighted by Crippen LogP contribution is 2.38. The second-order valence-corrected chi connectivity index (χ2v) is 8.59. The molecule has 1 aromatic carbocycles. The Morgan fingerprint density at radius 2 is 1.83 bits per heavy atom. The fraction of sp³-hybridized carbons (Fsp3) is 0.391. The number of thiazole rings is 1. The minimum absolute atomic E-state index is 0.0883. The van der Waals surface area contributed by atoms with Crippen LogP contribution in [0.3, 0.4) is 0 Å². The quantitative estimate of drug-likeness (QED) is 0.500. The summed E-state index contributed by atoms with van der Waals surface area (Å²) in [5, 5.41) is 2.51. The van der Waals surface area contributed by atoms with Gasteiger partial charge in [-0.2, -0.15) is 0 Å². The van der Waals surface area contributed by atoms with Crippen molar-refractivity contribution in [3.05, 3.63) is 48.4 Å². The van der Waals surface area contributed by atoms with Gasteiger partial charge >= 0.3 is 0 Å². The maximum atomic E-state index is 13.0. The maximum Gasteiger partial charge on any atom is 0.233 e. The second kappa shape index (κ2) is 8.92. The van der Waals surface area contributed by atoms with Gasteiger partial charge in [-0.3, -0.25) is 24.2 Å². The van der Waals surface area contributed by atoms with E-state index in [4.69, 9.17) is 0 Å². The molecule has 30 heavy (non-hydrogen) atoms. The zero-order valence-corrected chi connectivity index (χ0v) is 17.6. The van der Waals surface area contributed by atoms with E-state index in [-0.39, 0.29) is 42.5 Å². The summed E-state index contributed by atoms with van der Waals surface area (Å²) in [5.74, 6) is -0.739. The summed E-state index contributed by atoms with van der Waals surface area (Å²) in [7, 11) is 0. The molecular weight excluding hydrogens is 398 g/mol. The van der Waals surface area contributed by atoms with E-state index in [1.54, 1.807) is 11.0 Å². The zero-order valence-electron chi connectivity index (χ0n) is 16.8. The normalized spacial score (nSPS) is 20.9. The van der Waals surface area contributed by atoms with Crippen LogP contribution in [0.4, 0.5) is 5.13 Å². The molecule has 2 aliphatic rings. The van der Waals surface area contributed by atoms with Gasteiger partial charge in [0.15, 0.2) is 5.13 Å². The standard InChI is InChI=1S/C23H25N3O3S/c1-2-13-25(23-24-19(15-30-23)16-8-4-3-5-9-16)20(27)12-14-26-21(28)17-10-6-7-11-18(17)22(26)29/h2-5,8-9,15,17-18H,1,6-7,10-14H2/t17-,18-/m0/s1. The molecule has 1 aliphatic heterocycles. The first-order valence-electron chi connectivity index (χ1n) is 10.4. The number of carbonyl (C=O) groups excluding carboxylic acids is 3. The van der Waals surface area contributed by atoms with E-state index in [2.05, 4.69) is 11.6 Å². The molecule has 2 heterocycles. The first kappa shape index (κ1) is 20.5. The molecule has 6 nitrogen and oxygen atoms in total. The number of hydrogen-bond donors (Lipinski definition) is 0. The van der Waals surface area contributed by atoms with E-state index in [0.29, 0.717) is 11.7 Å². The Hall–Kier alpha value is -2.80. The second-order valence-electron chi connectivity index (χ2n) is 7.75. The van der Waals surface area contributed by atoms with Crippen molar-refractivity contribution in [2.24, 2.45) is 11.8 Å². The average Bonchev–Trinajstić information content (AvgIpc) is 3.35. The number of rotatable bonds is 7. The number of hydrogen-bond acceptors (Lipinski definition) is 5. The summed E-state index contributed by atoms with van der Waals surface area (Å²) < 4.78 is 0. The highest BCUT2D eigenvalue weighted by molar-refractivity contribution is 7.14. The minimum atomic E-state index is -0.182. The Morgan fingerprint density at radius 1 is 1.17 bits per heavy atom. The summed E-state index contributed by atoms with van der Waals surface area (Å²) >= 11 is 1.39. The molecule has 3 amide bonds. The third kappa shape index (κ3) is 3.94. The Morgan fingerprint density at radius 3 is 2.47 bits per heavy atom. The first-order chi connectivity index (χ1) is 14.6. The van der Waals surface area contributed by atoms with Crippen molar-refractivity contribution in [2.75, 3.05) is 18.0 Å². The van der Waals surface area contributed by atoms with E-state index in [1.165, 1.54) is 16.2 Å². The lowest BCUT2D eigenvalue weighted by Crippen LogP contribution is -2.37. The molecule has 0 unspecified atom stereocenters. The van der Waals surface area contributed by atoms with Crippen LogP contribution in [0.2, 0.25) is 0 Å². The lowest BCUT2D eigenvalue weighted by atomic mass is 9.81. The van der Waals surface area contributed by atoms with Crippen LogP contribution in [0.15, 0.2) is 48.4 Å². The third-order valence-electron chi connectivity index (χ3n) is 5.89. The van der Waals surface area contributed by atoms with E-state index < -0.39 is 0 Å². The van der Waals surface area contributed by atoms with Crippen LogP contribution in [0.1, 0.15) is 32.1 Å². The van der Waals surface area contributed by atoms with E-state index >= 15 is 0 Å². The van der Waals surface area contributed by atoms with Gasteiger partial charge in [-0.25, -0.2) is 4.98 Å². The van der Waals surface area contributed by atoms with Crippen molar-refractivity contribution in [3.63, 3.8) is 0 Å². The van der Waals surface area contributed by atoms with Crippen LogP contribution in [0, 0.1) is 11.8 Å². The highest BCUT2D eigenvalue weighted by atomic mass is 32.1. The van der Waals surface area contributed by atoms with Gasteiger partial charge in [-0.05, 0) is 12.8 Å². The molecule has 4 rings (SSSR count). The van der Waals surface area contributed by atoms with Crippen LogP contribution < -0.4 is 4.90 Å². The van der Waals surface area contributed by atoms with Crippen LogP contribution in [-0.2, 0) is 14.4 Å². The minimum Gasteiger partial charge on any atom is -0.284 e. The lowest BCUT2D eigenvalue weighted by Gasteiger charge is -2.20. The molecule has 0 radical (unpaired) electrons. The highest BCUT2D eigenvalue weighted by Gasteiger charge is 2.47.